The Morgan fingerprint density at radius 2 is 1.94 bits per heavy atom. The zero-order chi connectivity index (χ0) is 13.3. The lowest BCUT2D eigenvalue weighted by molar-refractivity contribution is -0.147. The highest BCUT2D eigenvalue weighted by molar-refractivity contribution is 5.85. The van der Waals surface area contributed by atoms with Gasteiger partial charge < -0.3 is 15.3 Å². The van der Waals surface area contributed by atoms with Crippen LogP contribution >= 0.6 is 0 Å². The van der Waals surface area contributed by atoms with E-state index in [2.05, 4.69) is 12.2 Å². The minimum Gasteiger partial charge on any atom is -0.480 e. The van der Waals surface area contributed by atoms with Crippen molar-refractivity contribution in [1.82, 2.24) is 10.2 Å². The second-order valence-corrected chi connectivity index (χ2v) is 5.58. The summed E-state index contributed by atoms with van der Waals surface area (Å²) in [5, 5.41) is 11.9. The average molecular weight is 242 g/mol. The van der Waals surface area contributed by atoms with Crippen molar-refractivity contribution in [2.45, 2.75) is 46.1 Å². The SMILES string of the molecule is CCN(C(=O)NCC1(C)CC1)C(C)(C)C(=O)O. The number of nitrogens with one attached hydrogen (secondary N) is 1. The minimum absolute atomic E-state index is 0.225. The molecule has 1 fully saturated rings. The van der Waals surface area contributed by atoms with E-state index in [4.69, 9.17) is 5.11 Å². The van der Waals surface area contributed by atoms with Gasteiger partial charge in [0.25, 0.3) is 0 Å². The Morgan fingerprint density at radius 1 is 1.41 bits per heavy atom. The van der Waals surface area contributed by atoms with Gasteiger partial charge in [0.1, 0.15) is 5.54 Å². The predicted molar refractivity (Wildman–Crippen MR) is 64.8 cm³/mol. The summed E-state index contributed by atoms with van der Waals surface area (Å²) in [6.45, 7) is 7.98. The first-order valence-electron chi connectivity index (χ1n) is 6.02. The van der Waals surface area contributed by atoms with Gasteiger partial charge in [0.15, 0.2) is 0 Å². The van der Waals surface area contributed by atoms with Crippen LogP contribution in [0.5, 0.6) is 0 Å². The summed E-state index contributed by atoms with van der Waals surface area (Å²) in [7, 11) is 0. The molecule has 17 heavy (non-hydrogen) atoms. The molecule has 5 nitrogen and oxygen atoms in total. The lowest BCUT2D eigenvalue weighted by atomic mass is 10.0. The largest absolute Gasteiger partial charge is 0.480 e. The van der Waals surface area contributed by atoms with Crippen molar-refractivity contribution < 1.29 is 14.7 Å². The number of hydrogen-bond acceptors (Lipinski definition) is 2. The summed E-state index contributed by atoms with van der Waals surface area (Å²) in [6.07, 6.45) is 2.25. The fourth-order valence-corrected chi connectivity index (χ4v) is 1.68. The van der Waals surface area contributed by atoms with Crippen molar-refractivity contribution >= 4 is 12.0 Å². The Kier molecular flexibility index (Phi) is 3.69. The topological polar surface area (TPSA) is 69.6 Å². The lowest BCUT2D eigenvalue weighted by Gasteiger charge is -2.34. The van der Waals surface area contributed by atoms with Crippen LogP contribution in [0.15, 0.2) is 0 Å². The number of nitrogens with zero attached hydrogens (tertiary/aromatic N) is 1. The molecule has 98 valence electrons. The van der Waals surface area contributed by atoms with Crippen LogP contribution in [0.2, 0.25) is 0 Å². The van der Waals surface area contributed by atoms with Gasteiger partial charge in [-0.05, 0) is 39.0 Å². The van der Waals surface area contributed by atoms with Gasteiger partial charge >= 0.3 is 12.0 Å². The van der Waals surface area contributed by atoms with Crippen molar-refractivity contribution in [3.05, 3.63) is 0 Å². The third-order valence-corrected chi connectivity index (χ3v) is 3.53. The fourth-order valence-electron chi connectivity index (χ4n) is 1.68. The molecule has 2 N–H and O–H groups in total. The quantitative estimate of drug-likeness (QED) is 0.770. The first-order valence-corrected chi connectivity index (χ1v) is 6.02. The number of hydrogen-bond donors (Lipinski definition) is 2. The number of amides is 2. The molecule has 1 aliphatic carbocycles. The van der Waals surface area contributed by atoms with Crippen LogP contribution in [0.3, 0.4) is 0 Å². The summed E-state index contributed by atoms with van der Waals surface area (Å²) in [5.41, 5.74) is -0.953. The molecule has 0 aromatic carbocycles. The van der Waals surface area contributed by atoms with Gasteiger partial charge in [-0.25, -0.2) is 9.59 Å². The lowest BCUT2D eigenvalue weighted by Crippen LogP contribution is -2.56. The maximum Gasteiger partial charge on any atom is 0.329 e. The number of urea groups is 1. The standard InChI is InChI=1S/C12H22N2O3/c1-5-14(11(2,3)9(15)16)10(17)13-8-12(4)6-7-12/h5-8H2,1-4H3,(H,13,17)(H,15,16). The summed E-state index contributed by atoms with van der Waals surface area (Å²) < 4.78 is 0. The first-order chi connectivity index (χ1) is 7.73. The number of aliphatic carboxylic acids is 1. The second kappa shape index (κ2) is 4.55. The molecule has 1 aliphatic rings. The molecule has 0 aliphatic heterocycles. The van der Waals surface area contributed by atoms with Gasteiger partial charge in [0.2, 0.25) is 0 Å². The van der Waals surface area contributed by atoms with Crippen LogP contribution in [-0.4, -0.2) is 40.6 Å². The third-order valence-electron chi connectivity index (χ3n) is 3.53. The normalized spacial score (nSPS) is 17.4. The molecule has 2 amide bonds. The molecule has 0 bridgehead atoms. The van der Waals surface area contributed by atoms with E-state index in [0.29, 0.717) is 13.1 Å². The van der Waals surface area contributed by atoms with Crippen LogP contribution in [0, 0.1) is 5.41 Å². The molecule has 0 aromatic rings. The van der Waals surface area contributed by atoms with Crippen LogP contribution < -0.4 is 5.32 Å². The van der Waals surface area contributed by atoms with Crippen molar-refractivity contribution in [2.75, 3.05) is 13.1 Å². The van der Waals surface area contributed by atoms with E-state index in [1.54, 1.807) is 6.92 Å². The molecule has 0 unspecified atom stereocenters. The van der Waals surface area contributed by atoms with Crippen molar-refractivity contribution in [3.63, 3.8) is 0 Å². The van der Waals surface area contributed by atoms with Crippen molar-refractivity contribution in [1.29, 1.82) is 0 Å². The van der Waals surface area contributed by atoms with E-state index in [9.17, 15) is 9.59 Å². The highest BCUT2D eigenvalue weighted by Gasteiger charge is 2.40. The molecular formula is C12H22N2O3. The Labute approximate surface area is 102 Å². The number of carbonyl (C=O) groups is 2. The molecule has 5 heteroatoms. The summed E-state index contributed by atoms with van der Waals surface area (Å²) in [5.74, 6) is -0.993. The monoisotopic (exact) mass is 242 g/mol. The summed E-state index contributed by atoms with van der Waals surface area (Å²) >= 11 is 0. The molecule has 0 heterocycles. The summed E-state index contributed by atoms with van der Waals surface area (Å²) in [4.78, 5) is 24.4. The number of rotatable bonds is 5. The Balaban J connectivity index is 2.60. The smallest absolute Gasteiger partial charge is 0.329 e. The van der Waals surface area contributed by atoms with E-state index in [1.807, 2.05) is 0 Å². The van der Waals surface area contributed by atoms with Gasteiger partial charge in [-0.1, -0.05) is 6.92 Å². The first kappa shape index (κ1) is 13.8. The van der Waals surface area contributed by atoms with Crippen LogP contribution in [0.4, 0.5) is 4.79 Å². The van der Waals surface area contributed by atoms with Gasteiger partial charge in [0.05, 0.1) is 0 Å². The van der Waals surface area contributed by atoms with Gasteiger partial charge in [-0.3, -0.25) is 0 Å². The number of likely N-dealkylation sites (N-methyl/N-ethyl adjacent to an activating group) is 1. The van der Waals surface area contributed by atoms with Crippen LogP contribution in [-0.2, 0) is 4.79 Å². The van der Waals surface area contributed by atoms with Gasteiger partial charge in [-0.15, -0.1) is 0 Å². The second-order valence-electron chi connectivity index (χ2n) is 5.58. The van der Waals surface area contributed by atoms with Crippen LogP contribution in [0.1, 0.15) is 40.5 Å². The average Bonchev–Trinajstić information content (AvgIpc) is 2.95. The third kappa shape index (κ3) is 3.11. The van der Waals surface area contributed by atoms with Gasteiger partial charge in [-0.2, -0.15) is 0 Å². The molecule has 0 saturated heterocycles. The molecule has 0 atom stereocenters. The van der Waals surface area contributed by atoms with Crippen molar-refractivity contribution in [2.24, 2.45) is 5.41 Å². The van der Waals surface area contributed by atoms with E-state index in [0.717, 1.165) is 12.8 Å². The van der Waals surface area contributed by atoms with E-state index in [-0.39, 0.29) is 11.4 Å². The highest BCUT2D eigenvalue weighted by Crippen LogP contribution is 2.44. The Bertz CT molecular complexity index is 322. The van der Waals surface area contributed by atoms with Crippen LogP contribution in [0.25, 0.3) is 0 Å². The zero-order valence-corrected chi connectivity index (χ0v) is 11.0. The summed E-state index contributed by atoms with van der Waals surface area (Å²) in [6, 6.07) is -0.298. The number of carbonyl (C=O) groups excluding carboxylic acids is 1. The number of carboxylic acids is 1. The number of carboxylic acid groups (broad SMARTS) is 1. The highest BCUT2D eigenvalue weighted by atomic mass is 16.4. The maximum atomic E-state index is 12.0. The van der Waals surface area contributed by atoms with Crippen molar-refractivity contribution in [3.8, 4) is 0 Å². The molecule has 0 radical (unpaired) electrons. The molecule has 0 aromatic heterocycles. The molecular weight excluding hydrogens is 220 g/mol. The maximum absolute atomic E-state index is 12.0. The van der Waals surface area contributed by atoms with E-state index < -0.39 is 11.5 Å². The van der Waals surface area contributed by atoms with E-state index in [1.165, 1.54) is 18.7 Å². The minimum atomic E-state index is -1.18. The molecule has 1 saturated carbocycles. The predicted octanol–water partition coefficient (Wildman–Crippen LogP) is 1.68. The Morgan fingerprint density at radius 3 is 2.29 bits per heavy atom. The Hall–Kier alpha value is -1.26. The van der Waals surface area contributed by atoms with Gasteiger partial charge in [0, 0.05) is 13.1 Å². The molecule has 1 rings (SSSR count). The molecule has 0 spiro atoms. The fraction of sp³-hybridized carbons (Fsp3) is 0.833. The zero-order valence-electron chi connectivity index (χ0n) is 11.0. The van der Waals surface area contributed by atoms with E-state index >= 15 is 0 Å².